The molecule has 0 radical (unpaired) electrons. The van der Waals surface area contributed by atoms with Gasteiger partial charge in [0.1, 0.15) is 7.05 Å². The summed E-state index contributed by atoms with van der Waals surface area (Å²) in [5, 5.41) is 2.58. The van der Waals surface area contributed by atoms with Gasteiger partial charge in [-0.15, -0.1) is 0 Å². The highest BCUT2D eigenvalue weighted by atomic mass is 14.9. The van der Waals surface area contributed by atoms with Crippen LogP contribution in [0.25, 0.3) is 44.3 Å². The maximum atomic E-state index is 8.81. The monoisotopic (exact) mass is 380 g/mol. The molecule has 1 aliphatic rings. The van der Waals surface area contributed by atoms with Crippen molar-refractivity contribution in [3.63, 3.8) is 0 Å². The fourth-order valence-electron chi connectivity index (χ4n) is 4.64. The second-order valence-corrected chi connectivity index (χ2v) is 9.18. The second kappa shape index (κ2) is 6.29. The molecule has 29 heavy (non-hydrogen) atoms. The molecule has 0 atom stereocenters. The maximum absolute atomic E-state index is 8.81. The first kappa shape index (κ1) is 15.9. The fourth-order valence-corrected chi connectivity index (χ4v) is 4.64. The topological polar surface area (TPSA) is 3.88 Å². The smallest absolute Gasteiger partial charge is 0.201 e. The van der Waals surface area contributed by atoms with Crippen LogP contribution in [0.4, 0.5) is 0 Å². The van der Waals surface area contributed by atoms with E-state index in [1.807, 2.05) is 40.1 Å². The Morgan fingerprint density at radius 2 is 1.59 bits per heavy atom. The first-order valence-electron chi connectivity index (χ1n) is 11.3. The number of rotatable bonds is 2. The third-order valence-electron chi connectivity index (χ3n) is 5.80. The van der Waals surface area contributed by atoms with Crippen LogP contribution in [-0.2, 0) is 13.4 Å². The van der Waals surface area contributed by atoms with Crippen LogP contribution < -0.4 is 4.57 Å². The van der Waals surface area contributed by atoms with Gasteiger partial charge in [0, 0.05) is 20.4 Å². The van der Waals surface area contributed by atoms with E-state index in [9.17, 15) is 0 Å². The highest BCUT2D eigenvalue weighted by Crippen LogP contribution is 2.51. The molecule has 0 amide bonds. The van der Waals surface area contributed by atoms with Gasteiger partial charge in [0.05, 0.1) is 5.56 Å². The molecule has 0 N–H and O–H groups in total. The summed E-state index contributed by atoms with van der Waals surface area (Å²) in [5.74, 6) is 0. The summed E-state index contributed by atoms with van der Waals surface area (Å²) in [4.78, 5) is 0. The van der Waals surface area contributed by atoms with E-state index in [1.54, 1.807) is 0 Å². The SMILES string of the molecule is [2H]C([2H])(c1cc[n+](C)c(-c2c(C)ccc3c2-c2cccc4cccc-3c24)c1)C(C)(C)C. The van der Waals surface area contributed by atoms with E-state index in [0.717, 1.165) is 11.3 Å². The molecule has 144 valence electrons. The number of aromatic nitrogens is 1. The predicted octanol–water partition coefficient (Wildman–Crippen LogP) is 6.88. The van der Waals surface area contributed by atoms with E-state index < -0.39 is 11.8 Å². The van der Waals surface area contributed by atoms with Crippen molar-refractivity contribution in [3.8, 4) is 33.5 Å². The molecule has 0 saturated heterocycles. The van der Waals surface area contributed by atoms with Crippen LogP contribution in [-0.4, -0.2) is 0 Å². The maximum Gasteiger partial charge on any atom is 0.213 e. The lowest BCUT2D eigenvalue weighted by Crippen LogP contribution is -2.31. The minimum Gasteiger partial charge on any atom is -0.201 e. The van der Waals surface area contributed by atoms with Crippen LogP contribution in [0.2, 0.25) is 0 Å². The summed E-state index contributed by atoms with van der Waals surface area (Å²) in [6.45, 7) is 8.04. The Hall–Kier alpha value is -2.93. The number of hydrogen-bond acceptors (Lipinski definition) is 0. The molecule has 0 spiro atoms. The van der Waals surface area contributed by atoms with E-state index >= 15 is 0 Å². The number of benzene rings is 3. The Morgan fingerprint density at radius 3 is 2.31 bits per heavy atom. The minimum atomic E-state index is -1.44. The van der Waals surface area contributed by atoms with Crippen molar-refractivity contribution in [2.45, 2.75) is 34.1 Å². The summed E-state index contributed by atoms with van der Waals surface area (Å²) in [6.07, 6.45) is 0.556. The van der Waals surface area contributed by atoms with Crippen molar-refractivity contribution in [1.29, 1.82) is 0 Å². The largest absolute Gasteiger partial charge is 0.213 e. The normalized spacial score (nSPS) is 14.0. The van der Waals surface area contributed by atoms with Crippen LogP contribution in [0.15, 0.2) is 66.9 Å². The van der Waals surface area contributed by atoms with E-state index in [2.05, 4.69) is 66.1 Å². The molecule has 1 heterocycles. The quantitative estimate of drug-likeness (QED) is 0.294. The summed E-state index contributed by atoms with van der Waals surface area (Å²) in [7, 11) is 2.05. The average Bonchev–Trinajstić information content (AvgIpc) is 3.04. The van der Waals surface area contributed by atoms with Gasteiger partial charge in [0.25, 0.3) is 0 Å². The van der Waals surface area contributed by atoms with E-state index in [-0.39, 0.29) is 0 Å². The predicted molar refractivity (Wildman–Crippen MR) is 123 cm³/mol. The molecular weight excluding hydrogens is 350 g/mol. The van der Waals surface area contributed by atoms with Gasteiger partial charge in [-0.1, -0.05) is 69.3 Å². The zero-order valence-corrected chi connectivity index (χ0v) is 17.8. The van der Waals surface area contributed by atoms with Crippen molar-refractivity contribution < 1.29 is 7.31 Å². The molecule has 3 aromatic carbocycles. The molecule has 0 fully saturated rings. The average molecular weight is 381 g/mol. The zero-order chi connectivity index (χ0) is 22.1. The number of aryl methyl sites for hydroxylation is 2. The van der Waals surface area contributed by atoms with Crippen LogP contribution in [0.1, 0.15) is 34.6 Å². The van der Waals surface area contributed by atoms with Crippen LogP contribution >= 0.6 is 0 Å². The van der Waals surface area contributed by atoms with Gasteiger partial charge >= 0.3 is 0 Å². The molecule has 0 unspecified atom stereocenters. The van der Waals surface area contributed by atoms with Crippen molar-refractivity contribution in [2.75, 3.05) is 0 Å². The zero-order valence-electron chi connectivity index (χ0n) is 19.8. The van der Waals surface area contributed by atoms with Gasteiger partial charge in [-0.3, -0.25) is 0 Å². The molecule has 1 nitrogen and oxygen atoms in total. The van der Waals surface area contributed by atoms with Crippen LogP contribution in [0.5, 0.6) is 0 Å². The Labute approximate surface area is 176 Å². The molecule has 1 aromatic heterocycles. The third-order valence-corrected chi connectivity index (χ3v) is 5.80. The standard InChI is InChI=1S/C28H28N/c1-18-12-13-22-21-10-6-8-20-9-7-11-23(26(20)21)27(22)25(18)24-16-19(14-15-29(24)5)17-28(2,3)4/h6-16H,17H2,1-5H3/q+1/i17D2. The lowest BCUT2D eigenvalue weighted by Gasteiger charge is -2.18. The van der Waals surface area contributed by atoms with Gasteiger partial charge in [-0.25, -0.2) is 4.57 Å². The minimum absolute atomic E-state index is 0.500. The highest BCUT2D eigenvalue weighted by molar-refractivity contribution is 6.18. The molecule has 0 aliphatic heterocycles. The van der Waals surface area contributed by atoms with E-state index in [4.69, 9.17) is 2.74 Å². The van der Waals surface area contributed by atoms with Crippen LogP contribution in [0.3, 0.4) is 0 Å². The summed E-state index contributed by atoms with van der Waals surface area (Å²) in [5.41, 5.74) is 8.73. The third kappa shape index (κ3) is 2.88. The van der Waals surface area contributed by atoms with Gasteiger partial charge in [-0.05, 0) is 57.3 Å². The first-order valence-corrected chi connectivity index (χ1v) is 10.3. The van der Waals surface area contributed by atoms with Gasteiger partial charge in [0.15, 0.2) is 6.20 Å². The summed E-state index contributed by atoms with van der Waals surface area (Å²) >= 11 is 0. The molecule has 0 saturated carbocycles. The fraction of sp³-hybridized carbons (Fsp3) is 0.250. The molecular formula is C28H28N+. The number of nitrogens with zero attached hydrogens (tertiary/aromatic N) is 1. The number of pyridine rings is 1. The molecule has 1 heteroatoms. The molecule has 4 aromatic rings. The molecule has 5 rings (SSSR count). The van der Waals surface area contributed by atoms with Crippen molar-refractivity contribution in [2.24, 2.45) is 12.5 Å². The van der Waals surface area contributed by atoms with E-state index in [1.165, 1.54) is 44.2 Å². The number of hydrogen-bond donors (Lipinski definition) is 0. The Bertz CT molecular complexity index is 1350. The lowest BCUT2D eigenvalue weighted by atomic mass is 9.87. The van der Waals surface area contributed by atoms with E-state index in [0.29, 0.717) is 0 Å². The molecule has 0 bridgehead atoms. The summed E-state index contributed by atoms with van der Waals surface area (Å²) < 4.78 is 19.7. The highest BCUT2D eigenvalue weighted by Gasteiger charge is 2.28. The Kier molecular flexibility index (Phi) is 3.45. The van der Waals surface area contributed by atoms with Crippen molar-refractivity contribution in [3.05, 3.63) is 78.0 Å². The summed E-state index contributed by atoms with van der Waals surface area (Å²) in [6, 6.07) is 21.5. The molecule has 1 aliphatic carbocycles. The van der Waals surface area contributed by atoms with Gasteiger partial charge in [0.2, 0.25) is 5.69 Å². The second-order valence-electron chi connectivity index (χ2n) is 9.18. The van der Waals surface area contributed by atoms with Crippen LogP contribution in [0, 0.1) is 12.3 Å². The van der Waals surface area contributed by atoms with Gasteiger partial charge in [-0.2, -0.15) is 0 Å². The number of fused-ring (bicyclic) bond motifs is 3. The lowest BCUT2D eigenvalue weighted by molar-refractivity contribution is -0.660. The Balaban J connectivity index is 1.83. The van der Waals surface area contributed by atoms with Crippen molar-refractivity contribution in [1.82, 2.24) is 0 Å². The van der Waals surface area contributed by atoms with Gasteiger partial charge < -0.3 is 0 Å². The first-order chi connectivity index (χ1) is 14.6. The Morgan fingerprint density at radius 1 is 0.862 bits per heavy atom. The van der Waals surface area contributed by atoms with Crippen molar-refractivity contribution >= 4 is 10.8 Å².